The van der Waals surface area contributed by atoms with Crippen molar-refractivity contribution in [2.24, 2.45) is 5.73 Å². The zero-order chi connectivity index (χ0) is 10.1. The number of hydrogen-bond acceptors (Lipinski definition) is 3. The van der Waals surface area contributed by atoms with Crippen molar-refractivity contribution in [2.45, 2.75) is 44.0 Å². The Morgan fingerprint density at radius 3 is 2.62 bits per heavy atom. The Balaban J connectivity index is 2.71. The van der Waals surface area contributed by atoms with Gasteiger partial charge in [-0.05, 0) is 20.3 Å². The molecule has 0 aromatic heterocycles. The molecule has 0 aromatic rings. The maximum Gasteiger partial charge on any atom is 0.238 e. The highest BCUT2D eigenvalue weighted by Crippen LogP contribution is 2.34. The highest BCUT2D eigenvalue weighted by atomic mass is 32.2. The van der Waals surface area contributed by atoms with E-state index in [4.69, 9.17) is 5.73 Å². The average molecular weight is 202 g/mol. The standard InChI is InChI=1S/C9H18N2OS/c1-6(2)11-9(8(10)12)4-7(3)13-5-9/h6-7,11H,4-5H2,1-3H3,(H2,10,12). The van der Waals surface area contributed by atoms with E-state index in [2.05, 4.69) is 12.2 Å². The molecule has 0 bridgehead atoms. The van der Waals surface area contributed by atoms with Crippen LogP contribution in [0.5, 0.6) is 0 Å². The Labute approximate surface area is 83.8 Å². The van der Waals surface area contributed by atoms with E-state index in [1.165, 1.54) is 0 Å². The van der Waals surface area contributed by atoms with Crippen LogP contribution in [-0.4, -0.2) is 28.5 Å². The quantitative estimate of drug-likeness (QED) is 0.709. The monoisotopic (exact) mass is 202 g/mol. The van der Waals surface area contributed by atoms with Crippen LogP contribution < -0.4 is 11.1 Å². The van der Waals surface area contributed by atoms with Crippen LogP contribution in [0.25, 0.3) is 0 Å². The van der Waals surface area contributed by atoms with Crippen molar-refractivity contribution in [3.8, 4) is 0 Å². The molecule has 1 rings (SSSR count). The molecule has 4 heteroatoms. The fraction of sp³-hybridized carbons (Fsp3) is 0.889. The van der Waals surface area contributed by atoms with Crippen molar-refractivity contribution in [2.75, 3.05) is 5.75 Å². The van der Waals surface area contributed by atoms with Gasteiger partial charge in [0.2, 0.25) is 5.91 Å². The van der Waals surface area contributed by atoms with Crippen LogP contribution in [0.1, 0.15) is 27.2 Å². The van der Waals surface area contributed by atoms with E-state index in [0.717, 1.165) is 12.2 Å². The van der Waals surface area contributed by atoms with Gasteiger partial charge >= 0.3 is 0 Å². The lowest BCUT2D eigenvalue weighted by Crippen LogP contribution is -2.58. The van der Waals surface area contributed by atoms with Crippen LogP contribution >= 0.6 is 11.8 Å². The predicted octanol–water partition coefficient (Wildman–Crippen LogP) is 0.734. The lowest BCUT2D eigenvalue weighted by Gasteiger charge is -2.28. The Hall–Kier alpha value is -0.220. The van der Waals surface area contributed by atoms with Crippen molar-refractivity contribution < 1.29 is 4.79 Å². The maximum absolute atomic E-state index is 11.4. The molecule has 1 amide bonds. The maximum atomic E-state index is 11.4. The normalized spacial score (nSPS) is 34.0. The van der Waals surface area contributed by atoms with Crippen LogP contribution in [0.2, 0.25) is 0 Å². The first kappa shape index (κ1) is 10.9. The van der Waals surface area contributed by atoms with E-state index in [0.29, 0.717) is 11.3 Å². The minimum atomic E-state index is -0.460. The summed E-state index contributed by atoms with van der Waals surface area (Å²) >= 11 is 1.81. The van der Waals surface area contributed by atoms with Gasteiger partial charge in [-0.3, -0.25) is 4.79 Å². The van der Waals surface area contributed by atoms with Gasteiger partial charge in [0.1, 0.15) is 5.54 Å². The van der Waals surface area contributed by atoms with Crippen molar-refractivity contribution in [1.29, 1.82) is 0 Å². The average Bonchev–Trinajstić information content (AvgIpc) is 2.31. The van der Waals surface area contributed by atoms with Gasteiger partial charge in [0.05, 0.1) is 0 Å². The molecule has 1 aliphatic heterocycles. The van der Waals surface area contributed by atoms with Gasteiger partial charge in [-0.1, -0.05) is 6.92 Å². The molecular formula is C9H18N2OS. The van der Waals surface area contributed by atoms with E-state index in [1.807, 2.05) is 25.6 Å². The summed E-state index contributed by atoms with van der Waals surface area (Å²) in [5.74, 6) is 0.597. The summed E-state index contributed by atoms with van der Waals surface area (Å²) in [7, 11) is 0. The Morgan fingerprint density at radius 1 is 1.69 bits per heavy atom. The number of amides is 1. The first-order valence-corrected chi connectivity index (χ1v) is 5.70. The summed E-state index contributed by atoms with van der Waals surface area (Å²) in [6, 6.07) is 0.304. The van der Waals surface area contributed by atoms with Gasteiger partial charge in [-0.15, -0.1) is 0 Å². The van der Waals surface area contributed by atoms with E-state index in [1.54, 1.807) is 0 Å². The first-order chi connectivity index (χ1) is 5.96. The van der Waals surface area contributed by atoms with Crippen LogP contribution in [0.15, 0.2) is 0 Å². The molecule has 2 unspecified atom stereocenters. The van der Waals surface area contributed by atoms with Crippen molar-refractivity contribution in [3.05, 3.63) is 0 Å². The summed E-state index contributed by atoms with van der Waals surface area (Å²) in [6.45, 7) is 6.22. The van der Waals surface area contributed by atoms with Crippen molar-refractivity contribution in [3.63, 3.8) is 0 Å². The molecule has 2 atom stereocenters. The minimum Gasteiger partial charge on any atom is -0.368 e. The number of nitrogens with two attached hydrogens (primary N) is 1. The third-order valence-corrected chi connectivity index (χ3v) is 3.68. The molecule has 3 nitrogen and oxygen atoms in total. The van der Waals surface area contributed by atoms with E-state index in [-0.39, 0.29) is 5.91 Å². The highest BCUT2D eigenvalue weighted by Gasteiger charge is 2.43. The minimum absolute atomic E-state index is 0.210. The largest absolute Gasteiger partial charge is 0.368 e. The summed E-state index contributed by atoms with van der Waals surface area (Å²) in [4.78, 5) is 11.4. The second-order valence-electron chi connectivity index (χ2n) is 4.07. The summed E-state index contributed by atoms with van der Waals surface area (Å²) < 4.78 is 0. The SMILES string of the molecule is CC(C)NC1(C(N)=O)CSC(C)C1. The molecule has 0 radical (unpaired) electrons. The topological polar surface area (TPSA) is 55.1 Å². The number of primary amides is 1. The molecule has 1 fully saturated rings. The molecule has 0 spiro atoms. The molecule has 0 saturated carbocycles. The molecule has 0 aliphatic carbocycles. The highest BCUT2D eigenvalue weighted by molar-refractivity contribution is 8.00. The fourth-order valence-electron chi connectivity index (χ4n) is 1.79. The molecule has 1 aliphatic rings. The molecular weight excluding hydrogens is 184 g/mol. The molecule has 3 N–H and O–H groups in total. The Kier molecular flexibility index (Phi) is 3.24. The molecule has 1 saturated heterocycles. The van der Waals surface area contributed by atoms with Crippen LogP contribution in [-0.2, 0) is 4.79 Å². The van der Waals surface area contributed by atoms with Gasteiger partial charge in [-0.2, -0.15) is 11.8 Å². The first-order valence-electron chi connectivity index (χ1n) is 4.65. The summed E-state index contributed by atoms with van der Waals surface area (Å²) in [5.41, 5.74) is 4.97. The van der Waals surface area contributed by atoms with Gasteiger partial charge in [-0.25, -0.2) is 0 Å². The lowest BCUT2D eigenvalue weighted by atomic mass is 9.94. The number of carbonyl (C=O) groups excluding carboxylic acids is 1. The smallest absolute Gasteiger partial charge is 0.238 e. The van der Waals surface area contributed by atoms with Gasteiger partial charge in [0.15, 0.2) is 0 Å². The molecule has 76 valence electrons. The zero-order valence-corrected chi connectivity index (χ0v) is 9.28. The molecule has 0 aromatic carbocycles. The van der Waals surface area contributed by atoms with E-state index in [9.17, 15) is 4.79 Å². The van der Waals surface area contributed by atoms with Crippen molar-refractivity contribution >= 4 is 17.7 Å². The number of nitrogens with one attached hydrogen (secondary N) is 1. The lowest BCUT2D eigenvalue weighted by molar-refractivity contribution is -0.123. The van der Waals surface area contributed by atoms with Crippen molar-refractivity contribution in [1.82, 2.24) is 5.32 Å². The van der Waals surface area contributed by atoms with Gasteiger partial charge in [0.25, 0.3) is 0 Å². The van der Waals surface area contributed by atoms with Crippen LogP contribution in [0.3, 0.4) is 0 Å². The fourth-order valence-corrected chi connectivity index (χ4v) is 3.10. The number of hydrogen-bond donors (Lipinski definition) is 2. The summed E-state index contributed by atoms with van der Waals surface area (Å²) in [6.07, 6.45) is 0.852. The van der Waals surface area contributed by atoms with E-state index < -0.39 is 5.54 Å². The second-order valence-corrected chi connectivity index (χ2v) is 5.50. The van der Waals surface area contributed by atoms with Gasteiger partial charge in [0, 0.05) is 17.0 Å². The number of carbonyl (C=O) groups is 1. The Morgan fingerprint density at radius 2 is 2.31 bits per heavy atom. The van der Waals surface area contributed by atoms with Crippen LogP contribution in [0, 0.1) is 0 Å². The summed E-state index contributed by atoms with van der Waals surface area (Å²) in [5, 5.41) is 3.82. The Bertz CT molecular complexity index is 208. The van der Waals surface area contributed by atoms with Crippen LogP contribution in [0.4, 0.5) is 0 Å². The third-order valence-electron chi connectivity index (χ3n) is 2.29. The van der Waals surface area contributed by atoms with E-state index >= 15 is 0 Å². The number of thioether (sulfide) groups is 1. The molecule has 13 heavy (non-hydrogen) atoms. The number of rotatable bonds is 3. The zero-order valence-electron chi connectivity index (χ0n) is 8.46. The second kappa shape index (κ2) is 3.88. The predicted molar refractivity (Wildman–Crippen MR) is 56.7 cm³/mol. The third kappa shape index (κ3) is 2.38. The van der Waals surface area contributed by atoms with Gasteiger partial charge < -0.3 is 11.1 Å². The molecule has 1 heterocycles.